The van der Waals surface area contributed by atoms with Crippen LogP contribution in [0.15, 0.2) is 85.1 Å². The Morgan fingerprint density at radius 3 is 1.81 bits per heavy atom. The topological polar surface area (TPSA) is 22.1 Å². The zero-order valence-corrected chi connectivity index (χ0v) is 12.5. The third-order valence-corrected chi connectivity index (χ3v) is 4.01. The molecule has 0 aliphatic carbocycles. The van der Waals surface area contributed by atoms with Crippen molar-refractivity contribution in [2.24, 2.45) is 0 Å². The third kappa shape index (κ3) is 3.65. The van der Waals surface area contributed by atoms with Crippen LogP contribution in [-0.2, 0) is 4.43 Å². The lowest BCUT2D eigenvalue weighted by Gasteiger charge is -2.18. The molecule has 0 unspecified atom stereocenters. The summed E-state index contributed by atoms with van der Waals surface area (Å²) < 4.78 is 6.17. The summed E-state index contributed by atoms with van der Waals surface area (Å²) in [6, 6.07) is 26.5. The normalized spacial score (nSPS) is 10.7. The molecule has 0 aliphatic rings. The zero-order valence-electron chi connectivity index (χ0n) is 11.5. The van der Waals surface area contributed by atoms with Gasteiger partial charge in [0.15, 0.2) is 0 Å². The maximum Gasteiger partial charge on any atom is 0.290 e. The van der Waals surface area contributed by atoms with E-state index in [1.165, 1.54) is 0 Å². The average Bonchev–Trinajstić information content (AvgIpc) is 2.58. The Hall–Kier alpha value is -2.23. The lowest BCUT2D eigenvalue weighted by molar-refractivity contribution is 0.266. The Balaban J connectivity index is 1.83. The Labute approximate surface area is 127 Å². The largest absolute Gasteiger partial charge is 0.399 e. The van der Waals surface area contributed by atoms with Crippen LogP contribution < -0.4 is 5.32 Å². The van der Waals surface area contributed by atoms with Gasteiger partial charge in [0.1, 0.15) is 0 Å². The summed E-state index contributed by atoms with van der Waals surface area (Å²) in [4.78, 5) is 4.33. The van der Waals surface area contributed by atoms with Crippen LogP contribution in [0, 0.1) is 0 Å². The van der Waals surface area contributed by atoms with Gasteiger partial charge in [-0.2, -0.15) is 0 Å². The molecule has 0 bridgehead atoms. The highest BCUT2D eigenvalue weighted by Crippen LogP contribution is 2.24. The van der Waals surface area contributed by atoms with E-state index in [2.05, 4.69) is 29.2 Å². The molecule has 0 N–H and O–H groups in total. The molecule has 2 nitrogen and oxygen atoms in total. The van der Waals surface area contributed by atoms with Gasteiger partial charge in [-0.3, -0.25) is 4.98 Å². The van der Waals surface area contributed by atoms with Gasteiger partial charge in [-0.15, -0.1) is 0 Å². The first-order valence-electron chi connectivity index (χ1n) is 6.86. The van der Waals surface area contributed by atoms with Gasteiger partial charge in [0, 0.05) is 6.20 Å². The Morgan fingerprint density at radius 1 is 0.714 bits per heavy atom. The Kier molecular flexibility index (Phi) is 4.56. The van der Waals surface area contributed by atoms with Crippen LogP contribution in [0.5, 0.6) is 0 Å². The molecule has 0 saturated carbocycles. The smallest absolute Gasteiger partial charge is 0.290 e. The third-order valence-electron chi connectivity index (χ3n) is 3.15. The number of benzene rings is 2. The molecule has 3 aromatic rings. The second-order valence-corrected chi connectivity index (χ2v) is 5.59. The van der Waals surface area contributed by atoms with Gasteiger partial charge < -0.3 is 4.43 Å². The minimum absolute atomic E-state index is 0.0623. The monoisotopic (exact) mass is 289 g/mol. The van der Waals surface area contributed by atoms with E-state index >= 15 is 0 Å². The van der Waals surface area contributed by atoms with Crippen LogP contribution in [0.4, 0.5) is 0 Å². The summed E-state index contributed by atoms with van der Waals surface area (Å²) >= 11 is 0. The van der Waals surface area contributed by atoms with Crippen molar-refractivity contribution >= 4 is 15.1 Å². The number of nitrogens with zero attached hydrogens (tertiary/aromatic N) is 1. The fourth-order valence-electron chi connectivity index (χ4n) is 2.13. The summed E-state index contributed by atoms with van der Waals surface area (Å²) in [6.45, 7) is 0. The van der Waals surface area contributed by atoms with Crippen molar-refractivity contribution in [3.05, 3.63) is 96.2 Å². The zero-order chi connectivity index (χ0) is 14.3. The maximum absolute atomic E-state index is 6.17. The van der Waals surface area contributed by atoms with Crippen molar-refractivity contribution < 1.29 is 4.43 Å². The fourth-order valence-corrected chi connectivity index (χ4v) is 2.93. The van der Waals surface area contributed by atoms with Crippen LogP contribution in [0.3, 0.4) is 0 Å². The number of hydrogen-bond acceptors (Lipinski definition) is 2. The molecular formula is C18H15NOSi. The predicted molar refractivity (Wildman–Crippen MR) is 85.4 cm³/mol. The maximum atomic E-state index is 6.17. The van der Waals surface area contributed by atoms with Crippen molar-refractivity contribution in [2.45, 2.75) is 6.10 Å². The van der Waals surface area contributed by atoms with Gasteiger partial charge in [-0.25, -0.2) is 0 Å². The summed E-state index contributed by atoms with van der Waals surface area (Å²) in [5.74, 6) is 0. The second-order valence-electron chi connectivity index (χ2n) is 4.64. The number of pyridine rings is 1. The highest BCUT2D eigenvalue weighted by molar-refractivity contribution is 6.45. The quantitative estimate of drug-likeness (QED) is 0.673. The molecule has 0 amide bonds. The van der Waals surface area contributed by atoms with Gasteiger partial charge in [0.25, 0.3) is 9.76 Å². The number of hydrogen-bond donors (Lipinski definition) is 0. The molecule has 0 fully saturated rings. The van der Waals surface area contributed by atoms with Crippen LogP contribution in [-0.4, -0.2) is 14.7 Å². The molecule has 102 valence electrons. The average molecular weight is 289 g/mol. The lowest BCUT2D eigenvalue weighted by Crippen LogP contribution is -2.23. The van der Waals surface area contributed by atoms with Crippen molar-refractivity contribution in [3.8, 4) is 0 Å². The molecule has 0 saturated heterocycles. The molecular weight excluding hydrogens is 274 g/mol. The molecule has 0 spiro atoms. The first kappa shape index (κ1) is 13.7. The molecule has 0 aliphatic heterocycles. The van der Waals surface area contributed by atoms with Crippen LogP contribution >= 0.6 is 0 Å². The molecule has 3 rings (SSSR count). The summed E-state index contributed by atoms with van der Waals surface area (Å²) in [5, 5.41) is 0.967. The fraction of sp³-hybridized carbons (Fsp3) is 0.0556. The predicted octanol–water partition coefficient (Wildman–Crippen LogP) is 3.13. The lowest BCUT2D eigenvalue weighted by atomic mass is 10.0. The van der Waals surface area contributed by atoms with Crippen molar-refractivity contribution in [2.75, 3.05) is 0 Å². The minimum Gasteiger partial charge on any atom is -0.399 e. The summed E-state index contributed by atoms with van der Waals surface area (Å²) in [7, 11) is 0.225. The molecule has 2 aromatic carbocycles. The van der Waals surface area contributed by atoms with E-state index in [-0.39, 0.29) is 15.9 Å². The van der Waals surface area contributed by atoms with Crippen LogP contribution in [0.1, 0.15) is 17.2 Å². The van der Waals surface area contributed by atoms with Crippen LogP contribution in [0.2, 0.25) is 0 Å². The minimum atomic E-state index is -0.0623. The molecule has 21 heavy (non-hydrogen) atoms. The Bertz CT molecular complexity index is 619. The second kappa shape index (κ2) is 6.97. The van der Waals surface area contributed by atoms with Crippen molar-refractivity contribution in [3.63, 3.8) is 0 Å². The van der Waals surface area contributed by atoms with Gasteiger partial charge in [0.05, 0.1) is 11.4 Å². The molecule has 1 heterocycles. The van der Waals surface area contributed by atoms with E-state index in [4.69, 9.17) is 4.43 Å². The van der Waals surface area contributed by atoms with E-state index in [9.17, 15) is 0 Å². The highest BCUT2D eigenvalue weighted by atomic mass is 28.2. The number of rotatable bonds is 5. The van der Waals surface area contributed by atoms with E-state index in [0.717, 1.165) is 16.4 Å². The first-order chi connectivity index (χ1) is 10.4. The number of aromatic nitrogens is 1. The molecule has 2 radical (unpaired) electrons. The molecule has 1 aromatic heterocycles. The summed E-state index contributed by atoms with van der Waals surface area (Å²) in [6.07, 6.45) is 1.74. The van der Waals surface area contributed by atoms with E-state index in [1.54, 1.807) is 6.20 Å². The first-order valence-corrected chi connectivity index (χ1v) is 7.77. The van der Waals surface area contributed by atoms with E-state index < -0.39 is 0 Å². The standard InChI is InChI=1S/C18H15NOSi/c1-3-9-15(10-4-1)18(16-11-5-2-6-12-16)20-21-17-13-7-8-14-19-17/h1-14,18H. The van der Waals surface area contributed by atoms with Crippen molar-refractivity contribution in [1.29, 1.82) is 0 Å². The van der Waals surface area contributed by atoms with Gasteiger partial charge in [0.2, 0.25) is 0 Å². The molecule has 3 heteroatoms. The van der Waals surface area contributed by atoms with Crippen LogP contribution in [0.25, 0.3) is 0 Å². The van der Waals surface area contributed by atoms with E-state index in [0.29, 0.717) is 0 Å². The highest BCUT2D eigenvalue weighted by Gasteiger charge is 2.15. The van der Waals surface area contributed by atoms with Crippen molar-refractivity contribution in [1.82, 2.24) is 4.98 Å². The van der Waals surface area contributed by atoms with Gasteiger partial charge in [-0.1, -0.05) is 66.7 Å². The SMILES string of the molecule is c1ccc(C(O[Si]c2ccccn2)c2ccccc2)cc1. The van der Waals surface area contributed by atoms with E-state index in [1.807, 2.05) is 54.6 Å². The Morgan fingerprint density at radius 2 is 1.29 bits per heavy atom. The molecule has 0 atom stereocenters. The summed E-state index contributed by atoms with van der Waals surface area (Å²) in [5.41, 5.74) is 2.32. The van der Waals surface area contributed by atoms with Gasteiger partial charge in [-0.05, 0) is 23.3 Å². The van der Waals surface area contributed by atoms with Gasteiger partial charge >= 0.3 is 0 Å².